The number of carbonyl (C=O) groups is 1. The first-order chi connectivity index (χ1) is 13.6. The smallest absolute Gasteiger partial charge is 0.255 e. The van der Waals surface area contributed by atoms with E-state index in [9.17, 15) is 9.59 Å². The highest BCUT2D eigenvalue weighted by atomic mass is 35.5. The largest absolute Gasteiger partial charge is 0.355 e. The highest BCUT2D eigenvalue weighted by Gasteiger charge is 2.27. The van der Waals surface area contributed by atoms with Crippen molar-refractivity contribution in [2.45, 2.75) is 19.3 Å². The quantitative estimate of drug-likeness (QED) is 0.661. The first kappa shape index (κ1) is 19.4. The Balaban J connectivity index is 1.36. The molecule has 0 spiro atoms. The van der Waals surface area contributed by atoms with Crippen molar-refractivity contribution in [1.29, 1.82) is 0 Å². The molecule has 0 aliphatic carbocycles. The molecule has 0 bridgehead atoms. The van der Waals surface area contributed by atoms with E-state index >= 15 is 0 Å². The van der Waals surface area contributed by atoms with Crippen molar-refractivity contribution < 1.29 is 4.79 Å². The number of nitrogens with zero attached hydrogens (tertiary/aromatic N) is 2. The van der Waals surface area contributed by atoms with Crippen LogP contribution in [0.2, 0.25) is 5.02 Å². The molecule has 0 saturated carbocycles. The van der Waals surface area contributed by atoms with Gasteiger partial charge in [0.2, 0.25) is 5.91 Å². The lowest BCUT2D eigenvalue weighted by Gasteiger charge is -2.32. The number of fused-ring (bicyclic) bond motifs is 1. The van der Waals surface area contributed by atoms with Gasteiger partial charge in [-0.3, -0.25) is 9.59 Å². The summed E-state index contributed by atoms with van der Waals surface area (Å²) in [4.78, 5) is 31.6. The third kappa shape index (κ3) is 4.37. The Bertz CT molecular complexity index is 1030. The second-order valence-corrected chi connectivity index (χ2v) is 9.16. The Hall–Kier alpha value is -1.96. The van der Waals surface area contributed by atoms with Gasteiger partial charge >= 0.3 is 0 Å². The lowest BCUT2D eigenvalue weighted by atomic mass is 9.97. The van der Waals surface area contributed by atoms with E-state index in [4.69, 9.17) is 11.6 Å². The van der Waals surface area contributed by atoms with Crippen molar-refractivity contribution in [2.24, 2.45) is 5.92 Å². The van der Waals surface area contributed by atoms with Crippen LogP contribution in [0.25, 0.3) is 10.2 Å². The van der Waals surface area contributed by atoms with E-state index in [1.165, 1.54) is 22.7 Å². The number of nitrogens with one attached hydrogen (secondary N) is 1. The van der Waals surface area contributed by atoms with Crippen LogP contribution in [0.3, 0.4) is 0 Å². The molecule has 4 rings (SSSR count). The molecule has 1 fully saturated rings. The molecule has 28 heavy (non-hydrogen) atoms. The Morgan fingerprint density at radius 3 is 2.93 bits per heavy atom. The fraction of sp³-hybridized carbons (Fsp3) is 0.350. The molecule has 146 valence electrons. The summed E-state index contributed by atoms with van der Waals surface area (Å²) < 4.78 is 0.756. The average molecular weight is 434 g/mol. The topological polar surface area (TPSA) is 62.3 Å². The lowest BCUT2D eigenvalue weighted by Crippen LogP contribution is -2.43. The summed E-state index contributed by atoms with van der Waals surface area (Å²) in [5, 5.41) is 6.37. The summed E-state index contributed by atoms with van der Waals surface area (Å²) in [6, 6.07) is 9.55. The molecule has 1 atom stereocenters. The highest BCUT2D eigenvalue weighted by Crippen LogP contribution is 2.26. The van der Waals surface area contributed by atoms with Gasteiger partial charge in [-0.25, -0.2) is 4.98 Å². The van der Waals surface area contributed by atoms with Crippen molar-refractivity contribution >= 4 is 55.5 Å². The Labute approximate surface area is 176 Å². The van der Waals surface area contributed by atoms with Crippen molar-refractivity contribution in [3.05, 3.63) is 55.8 Å². The third-order valence-electron chi connectivity index (χ3n) is 4.92. The Morgan fingerprint density at radius 2 is 2.11 bits per heavy atom. The van der Waals surface area contributed by atoms with Crippen LogP contribution in [0.1, 0.15) is 18.4 Å². The fourth-order valence-corrected chi connectivity index (χ4v) is 5.29. The van der Waals surface area contributed by atoms with Crippen LogP contribution in [0, 0.1) is 5.92 Å². The molecular weight excluding hydrogens is 414 g/mol. The molecule has 1 aromatic carbocycles. The van der Waals surface area contributed by atoms with E-state index in [0.717, 1.165) is 42.0 Å². The minimum absolute atomic E-state index is 0.0459. The number of aromatic nitrogens is 1. The second kappa shape index (κ2) is 8.59. The number of amides is 1. The zero-order valence-corrected chi connectivity index (χ0v) is 17.6. The average Bonchev–Trinajstić information content (AvgIpc) is 3.19. The van der Waals surface area contributed by atoms with Crippen LogP contribution >= 0.6 is 34.3 Å². The number of anilines is 1. The molecule has 8 heteroatoms. The van der Waals surface area contributed by atoms with Crippen LogP contribution in [-0.4, -0.2) is 30.5 Å². The predicted molar refractivity (Wildman–Crippen MR) is 117 cm³/mol. The summed E-state index contributed by atoms with van der Waals surface area (Å²) in [5.74, 6) is -0.0103. The van der Waals surface area contributed by atoms with Gasteiger partial charge in [0.25, 0.3) is 4.74 Å². The maximum atomic E-state index is 12.6. The first-order valence-corrected chi connectivity index (χ1v) is 11.3. The monoisotopic (exact) mass is 433 g/mol. The molecular formula is C20H20ClN3O2S2. The van der Waals surface area contributed by atoms with Gasteiger partial charge in [0.05, 0.1) is 11.4 Å². The van der Waals surface area contributed by atoms with Gasteiger partial charge in [0.1, 0.15) is 4.70 Å². The molecule has 0 radical (unpaired) electrons. The summed E-state index contributed by atoms with van der Waals surface area (Å²) in [6.07, 6.45) is 2.55. The van der Waals surface area contributed by atoms with E-state index in [1.807, 2.05) is 35.7 Å². The second-order valence-electron chi connectivity index (χ2n) is 6.87. The molecule has 1 N–H and O–H groups in total. The van der Waals surface area contributed by atoms with Crippen molar-refractivity contribution in [2.75, 3.05) is 24.5 Å². The van der Waals surface area contributed by atoms with E-state index in [0.29, 0.717) is 22.8 Å². The molecule has 5 nitrogen and oxygen atoms in total. The number of piperidine rings is 1. The van der Waals surface area contributed by atoms with Crippen LogP contribution in [0.5, 0.6) is 0 Å². The van der Waals surface area contributed by atoms with Crippen molar-refractivity contribution in [1.82, 2.24) is 10.3 Å². The van der Waals surface area contributed by atoms with Gasteiger partial charge in [-0.15, -0.1) is 11.3 Å². The van der Waals surface area contributed by atoms with E-state index in [1.54, 1.807) is 0 Å². The first-order valence-electron chi connectivity index (χ1n) is 9.25. The van der Waals surface area contributed by atoms with Gasteiger partial charge in [-0.05, 0) is 48.4 Å². The molecule has 1 amide bonds. The summed E-state index contributed by atoms with van der Waals surface area (Å²) >= 11 is 8.50. The van der Waals surface area contributed by atoms with Gasteiger partial charge in [-0.1, -0.05) is 35.1 Å². The van der Waals surface area contributed by atoms with Crippen LogP contribution in [0.15, 0.2) is 40.5 Å². The zero-order valence-electron chi connectivity index (χ0n) is 15.2. The van der Waals surface area contributed by atoms with Crippen LogP contribution in [0.4, 0.5) is 5.13 Å². The van der Waals surface area contributed by atoms with Crippen molar-refractivity contribution in [3.8, 4) is 0 Å². The molecule has 3 aromatic rings. The summed E-state index contributed by atoms with van der Waals surface area (Å²) in [6.45, 7) is 2.03. The number of rotatable bonds is 5. The van der Waals surface area contributed by atoms with E-state index in [2.05, 4.69) is 15.2 Å². The van der Waals surface area contributed by atoms with Crippen molar-refractivity contribution in [3.63, 3.8) is 0 Å². The number of hydrogen-bond donors (Lipinski definition) is 1. The maximum Gasteiger partial charge on any atom is 0.255 e. The van der Waals surface area contributed by atoms with Crippen LogP contribution in [-0.2, 0) is 11.2 Å². The fourth-order valence-electron chi connectivity index (χ4n) is 3.42. The zero-order chi connectivity index (χ0) is 19.5. The highest BCUT2D eigenvalue weighted by molar-refractivity contribution is 7.21. The molecule has 0 unspecified atom stereocenters. The molecule has 1 saturated heterocycles. The Morgan fingerprint density at radius 1 is 1.29 bits per heavy atom. The van der Waals surface area contributed by atoms with E-state index < -0.39 is 0 Å². The standard InChI is InChI=1S/C20H20ClN3O2S2/c21-15-5-3-13(4-6-15)7-9-22-18(25)14-2-1-10-24(12-14)20-23-16-8-11-27-17(16)19(26)28-20/h3-6,8,11,14H,1-2,7,9-10,12H2,(H,22,25)/t14-/m1/s1. The van der Waals surface area contributed by atoms with Gasteiger partial charge in [0, 0.05) is 24.7 Å². The van der Waals surface area contributed by atoms with Gasteiger partial charge in [-0.2, -0.15) is 0 Å². The number of benzene rings is 1. The molecule has 3 heterocycles. The maximum absolute atomic E-state index is 12.6. The molecule has 2 aromatic heterocycles. The minimum Gasteiger partial charge on any atom is -0.355 e. The minimum atomic E-state index is -0.0822. The van der Waals surface area contributed by atoms with Gasteiger partial charge < -0.3 is 10.2 Å². The number of thiophene rings is 1. The third-order valence-corrected chi connectivity index (χ3v) is 7.12. The number of halogens is 1. The lowest BCUT2D eigenvalue weighted by molar-refractivity contribution is -0.125. The van der Waals surface area contributed by atoms with Crippen LogP contribution < -0.4 is 15.0 Å². The van der Waals surface area contributed by atoms with E-state index in [-0.39, 0.29) is 16.6 Å². The predicted octanol–water partition coefficient (Wildman–Crippen LogP) is 3.95. The van der Waals surface area contributed by atoms with Gasteiger partial charge in [0.15, 0.2) is 5.13 Å². The normalized spacial score (nSPS) is 17.0. The summed E-state index contributed by atoms with van der Waals surface area (Å²) in [5.41, 5.74) is 1.89. The summed E-state index contributed by atoms with van der Waals surface area (Å²) in [7, 11) is 0. The number of carbonyl (C=O) groups excluding carboxylic acids is 1. The molecule has 1 aliphatic rings. The SMILES string of the molecule is O=C(NCCc1ccc(Cl)cc1)[C@@H]1CCCN(c2nc3ccsc3c(=O)s2)C1. The number of hydrogen-bond acceptors (Lipinski definition) is 6. The Kier molecular flexibility index (Phi) is 5.94. The molecule has 1 aliphatic heterocycles.